The first-order valence-electron chi connectivity index (χ1n) is 5.29. The zero-order chi connectivity index (χ0) is 11.3. The van der Waals surface area contributed by atoms with Crippen molar-refractivity contribution < 1.29 is 52.0 Å². The van der Waals surface area contributed by atoms with E-state index in [1.54, 1.807) is 6.08 Å². The van der Waals surface area contributed by atoms with E-state index in [0.29, 0.717) is 6.42 Å². The molecule has 4 nitrogen and oxygen atoms in total. The number of hydrogen-bond acceptors (Lipinski definition) is 4. The van der Waals surface area contributed by atoms with Gasteiger partial charge in [-0.1, -0.05) is 13.0 Å². The number of fused-ring (bicyclic) bond motifs is 1. The third-order valence-corrected chi connectivity index (χ3v) is 3.13. The molecule has 4 atom stereocenters. The Balaban J connectivity index is 0.00000128. The van der Waals surface area contributed by atoms with Crippen LogP contribution in [0, 0.1) is 0 Å². The minimum Gasteiger partial charge on any atom is -0.387 e. The maximum absolute atomic E-state index is 10.1. The van der Waals surface area contributed by atoms with E-state index in [1.165, 1.54) is 0 Å². The van der Waals surface area contributed by atoms with Crippen LogP contribution in [0.3, 0.4) is 0 Å². The minimum atomic E-state index is -0.730. The second-order valence-electron chi connectivity index (χ2n) is 4.54. The summed E-state index contributed by atoms with van der Waals surface area (Å²) in [5.74, 6) is -0.683. The van der Waals surface area contributed by atoms with E-state index in [1.807, 2.05) is 20.8 Å². The number of aliphatic hydroxyl groups excluding tert-OH is 1. The molecule has 2 rings (SSSR count). The van der Waals surface area contributed by atoms with Crippen molar-refractivity contribution >= 4 is 0 Å². The number of aliphatic hydroxyl groups is 1. The average molecular weight is 303 g/mol. The summed E-state index contributed by atoms with van der Waals surface area (Å²) in [7, 11) is 0. The minimum absolute atomic E-state index is 0. The van der Waals surface area contributed by atoms with E-state index in [2.05, 4.69) is 6.58 Å². The summed E-state index contributed by atoms with van der Waals surface area (Å²) >= 11 is 0. The Morgan fingerprint density at radius 1 is 1.31 bits per heavy atom. The first kappa shape index (κ1) is 14.7. The van der Waals surface area contributed by atoms with Crippen LogP contribution in [-0.4, -0.2) is 35.0 Å². The molecule has 5 heteroatoms. The van der Waals surface area contributed by atoms with E-state index in [9.17, 15) is 5.11 Å². The molecule has 0 spiro atoms. The second-order valence-corrected chi connectivity index (χ2v) is 4.54. The summed E-state index contributed by atoms with van der Waals surface area (Å²) in [4.78, 5) is 0. The summed E-state index contributed by atoms with van der Waals surface area (Å²) in [6.45, 7) is 9.26. The molecule has 2 heterocycles. The normalized spacial score (nSPS) is 44.9. The van der Waals surface area contributed by atoms with Crippen LogP contribution >= 0.6 is 0 Å². The van der Waals surface area contributed by atoms with Crippen LogP contribution in [0.5, 0.6) is 0 Å². The summed E-state index contributed by atoms with van der Waals surface area (Å²) in [6.07, 6.45) is 0.658. The predicted molar refractivity (Wildman–Crippen MR) is 54.1 cm³/mol. The molecule has 0 bridgehead atoms. The van der Waals surface area contributed by atoms with Crippen LogP contribution in [-0.2, 0) is 46.9 Å². The molecule has 16 heavy (non-hydrogen) atoms. The monoisotopic (exact) mass is 303 g/mol. The van der Waals surface area contributed by atoms with Crippen LogP contribution in [0.15, 0.2) is 12.7 Å². The molecule has 1 radical (unpaired) electrons. The van der Waals surface area contributed by atoms with Crippen molar-refractivity contribution in [3.63, 3.8) is 0 Å². The van der Waals surface area contributed by atoms with Crippen molar-refractivity contribution in [2.75, 3.05) is 0 Å². The largest absolute Gasteiger partial charge is 0.387 e. The van der Waals surface area contributed by atoms with Gasteiger partial charge in [0.05, 0.1) is 0 Å². The quantitative estimate of drug-likeness (QED) is 0.779. The zero-order valence-corrected chi connectivity index (χ0v) is 12.8. The molecule has 2 saturated heterocycles. The Morgan fingerprint density at radius 2 is 1.94 bits per heavy atom. The Hall–Kier alpha value is 0.684. The topological polar surface area (TPSA) is 47.9 Å². The number of ether oxygens (including phenoxy) is 3. The van der Waals surface area contributed by atoms with Gasteiger partial charge >= 0.3 is 0 Å². The number of rotatable bonds is 2. The summed E-state index contributed by atoms with van der Waals surface area (Å²) in [5.41, 5.74) is -0.730. The van der Waals surface area contributed by atoms with E-state index in [-0.39, 0.29) is 32.7 Å². The third kappa shape index (κ3) is 2.16. The third-order valence-electron chi connectivity index (χ3n) is 3.13. The van der Waals surface area contributed by atoms with E-state index in [0.717, 1.165) is 0 Å². The first-order chi connectivity index (χ1) is 6.94. The molecule has 2 fully saturated rings. The molecule has 0 aromatic heterocycles. The fraction of sp³-hybridized carbons (Fsp3) is 0.818. The Morgan fingerprint density at radius 3 is 2.38 bits per heavy atom. The fourth-order valence-corrected chi connectivity index (χ4v) is 2.23. The van der Waals surface area contributed by atoms with Gasteiger partial charge in [-0.05, 0) is 20.3 Å². The van der Waals surface area contributed by atoms with E-state index >= 15 is 0 Å². The standard InChI is InChI=1S/C11H18O4.Y/c1-5-11(6-2)8(12)7-9(15-11)14-10(3,4)13-7;/h5,7-9,12H,1,6H2,2-4H3;/t7-,8?,9+,11+;/m0./s1. The van der Waals surface area contributed by atoms with Crippen molar-refractivity contribution in [3.8, 4) is 0 Å². The maximum Gasteiger partial charge on any atom is 0.191 e. The summed E-state index contributed by atoms with van der Waals surface area (Å²) in [6, 6.07) is 0. The van der Waals surface area contributed by atoms with Gasteiger partial charge in [-0.2, -0.15) is 0 Å². The fourth-order valence-electron chi connectivity index (χ4n) is 2.23. The smallest absolute Gasteiger partial charge is 0.191 e. The zero-order valence-electron chi connectivity index (χ0n) is 9.97. The van der Waals surface area contributed by atoms with Gasteiger partial charge in [0.25, 0.3) is 0 Å². The van der Waals surface area contributed by atoms with Crippen LogP contribution in [0.2, 0.25) is 0 Å². The summed E-state index contributed by atoms with van der Waals surface area (Å²) in [5, 5.41) is 10.1. The molecule has 2 aliphatic rings. The van der Waals surface area contributed by atoms with Gasteiger partial charge in [-0.3, -0.25) is 0 Å². The number of hydrogen-bond donors (Lipinski definition) is 1. The molecular weight excluding hydrogens is 285 g/mol. The SMILES string of the molecule is C=C[C@]1(CC)O[C@H]2OC(C)(C)O[C@H]2C1O.[Y]. The van der Waals surface area contributed by atoms with Crippen molar-refractivity contribution in [1.29, 1.82) is 0 Å². The second kappa shape index (κ2) is 4.75. The van der Waals surface area contributed by atoms with Gasteiger partial charge in [0.2, 0.25) is 0 Å². The van der Waals surface area contributed by atoms with E-state index in [4.69, 9.17) is 14.2 Å². The van der Waals surface area contributed by atoms with Gasteiger partial charge in [0, 0.05) is 32.7 Å². The Bertz CT molecular complexity index is 281. The Kier molecular flexibility index (Phi) is 4.38. The summed E-state index contributed by atoms with van der Waals surface area (Å²) < 4.78 is 16.9. The maximum atomic E-state index is 10.1. The molecule has 1 N–H and O–H groups in total. The van der Waals surface area contributed by atoms with Crippen molar-refractivity contribution in [3.05, 3.63) is 12.7 Å². The molecule has 0 saturated carbocycles. The molecule has 0 amide bonds. The Labute approximate surface area is 121 Å². The van der Waals surface area contributed by atoms with Crippen LogP contribution in [0.4, 0.5) is 0 Å². The van der Waals surface area contributed by atoms with Crippen LogP contribution < -0.4 is 0 Å². The van der Waals surface area contributed by atoms with Crippen LogP contribution in [0.1, 0.15) is 27.2 Å². The van der Waals surface area contributed by atoms with Gasteiger partial charge in [0.15, 0.2) is 12.1 Å². The molecule has 2 aliphatic heterocycles. The average Bonchev–Trinajstić information content (AvgIpc) is 2.59. The van der Waals surface area contributed by atoms with Crippen molar-refractivity contribution in [2.24, 2.45) is 0 Å². The molecule has 0 aliphatic carbocycles. The van der Waals surface area contributed by atoms with Crippen LogP contribution in [0.25, 0.3) is 0 Å². The molecule has 1 unspecified atom stereocenters. The van der Waals surface area contributed by atoms with Crippen molar-refractivity contribution in [2.45, 2.75) is 57.1 Å². The molecular formula is C11H18O4Y. The first-order valence-corrected chi connectivity index (χ1v) is 5.29. The van der Waals surface area contributed by atoms with Gasteiger partial charge in [-0.25, -0.2) is 0 Å². The molecule has 0 aromatic rings. The molecule has 89 valence electrons. The van der Waals surface area contributed by atoms with E-state index < -0.39 is 29.9 Å². The van der Waals surface area contributed by atoms with Crippen molar-refractivity contribution in [1.82, 2.24) is 0 Å². The van der Waals surface area contributed by atoms with Gasteiger partial charge in [-0.15, -0.1) is 6.58 Å². The predicted octanol–water partition coefficient (Wildman–Crippen LogP) is 1.19. The molecule has 0 aromatic carbocycles. The van der Waals surface area contributed by atoms with Gasteiger partial charge in [0.1, 0.15) is 17.8 Å². The van der Waals surface area contributed by atoms with Gasteiger partial charge < -0.3 is 19.3 Å².